The Kier molecular flexibility index (Phi) is 5.69. The van der Waals surface area contributed by atoms with Gasteiger partial charge in [-0.05, 0) is 49.2 Å². The lowest BCUT2D eigenvalue weighted by Gasteiger charge is -2.18. The summed E-state index contributed by atoms with van der Waals surface area (Å²) < 4.78 is 18.7. The number of hydrogen-bond donors (Lipinski definition) is 0. The van der Waals surface area contributed by atoms with Crippen LogP contribution in [0, 0.1) is 19.7 Å². The van der Waals surface area contributed by atoms with Crippen molar-refractivity contribution in [1.29, 1.82) is 0 Å². The lowest BCUT2D eigenvalue weighted by atomic mass is 10.1. The summed E-state index contributed by atoms with van der Waals surface area (Å²) in [5, 5.41) is 0. The molecule has 3 rings (SSSR count). The van der Waals surface area contributed by atoms with E-state index >= 15 is 0 Å². The highest BCUT2D eigenvalue weighted by molar-refractivity contribution is 5.76. The van der Waals surface area contributed by atoms with Crippen LogP contribution in [0.25, 0.3) is 11.3 Å². The summed E-state index contributed by atoms with van der Waals surface area (Å²) in [6, 6.07) is 12.3. The van der Waals surface area contributed by atoms with Crippen molar-refractivity contribution in [3.63, 3.8) is 0 Å². The van der Waals surface area contributed by atoms with Gasteiger partial charge in [0.25, 0.3) is 0 Å². The number of nitrogens with zero attached hydrogens (tertiary/aromatic N) is 2. The summed E-state index contributed by atoms with van der Waals surface area (Å²) in [4.78, 5) is 18.4. The van der Waals surface area contributed by atoms with Crippen LogP contribution < -0.4 is 0 Å². The fourth-order valence-electron chi connectivity index (χ4n) is 2.95. The smallest absolute Gasteiger partial charge is 0.223 e. The molecule has 0 bridgehead atoms. The number of benzene rings is 2. The Bertz CT molecular complexity index is 932. The zero-order valence-corrected chi connectivity index (χ0v) is 15.8. The first-order valence-electron chi connectivity index (χ1n) is 8.93. The Hall–Kier alpha value is -2.95. The molecule has 3 aromatic rings. The largest absolute Gasteiger partial charge is 0.441 e. The van der Waals surface area contributed by atoms with E-state index in [-0.39, 0.29) is 11.7 Å². The SMILES string of the molecule is Cc1ccc(CN(C)C(=O)CCc2ncc(-c3ccc(F)cc3)o2)c(C)c1. The van der Waals surface area contributed by atoms with Gasteiger partial charge in [-0.15, -0.1) is 0 Å². The minimum Gasteiger partial charge on any atom is -0.441 e. The predicted molar refractivity (Wildman–Crippen MR) is 103 cm³/mol. The van der Waals surface area contributed by atoms with Crippen molar-refractivity contribution in [3.8, 4) is 11.3 Å². The molecule has 0 atom stereocenters. The highest BCUT2D eigenvalue weighted by Crippen LogP contribution is 2.21. The first-order chi connectivity index (χ1) is 12.9. The molecule has 0 spiro atoms. The molecule has 1 amide bonds. The van der Waals surface area contributed by atoms with Gasteiger partial charge < -0.3 is 9.32 Å². The molecule has 2 aromatic carbocycles. The molecule has 0 saturated carbocycles. The van der Waals surface area contributed by atoms with Gasteiger partial charge in [0.05, 0.1) is 6.20 Å². The average molecular weight is 366 g/mol. The van der Waals surface area contributed by atoms with Gasteiger partial charge in [-0.1, -0.05) is 23.8 Å². The van der Waals surface area contributed by atoms with E-state index in [4.69, 9.17) is 4.42 Å². The Morgan fingerprint density at radius 3 is 2.59 bits per heavy atom. The number of hydrogen-bond acceptors (Lipinski definition) is 3. The average Bonchev–Trinajstić information content (AvgIpc) is 3.11. The van der Waals surface area contributed by atoms with Crippen LogP contribution >= 0.6 is 0 Å². The van der Waals surface area contributed by atoms with Gasteiger partial charge in [-0.3, -0.25) is 4.79 Å². The quantitative estimate of drug-likeness (QED) is 0.636. The fraction of sp³-hybridized carbons (Fsp3) is 0.273. The number of carbonyl (C=O) groups is 1. The van der Waals surface area contributed by atoms with Gasteiger partial charge in [0.2, 0.25) is 5.91 Å². The zero-order valence-electron chi connectivity index (χ0n) is 15.8. The first kappa shape index (κ1) is 18.8. The van der Waals surface area contributed by atoms with E-state index in [1.165, 1.54) is 23.3 Å². The van der Waals surface area contributed by atoms with Gasteiger partial charge in [0.1, 0.15) is 5.82 Å². The summed E-state index contributed by atoms with van der Waals surface area (Å²) in [6.45, 7) is 4.70. The van der Waals surface area contributed by atoms with E-state index in [1.807, 2.05) is 0 Å². The highest BCUT2D eigenvalue weighted by atomic mass is 19.1. The van der Waals surface area contributed by atoms with Crippen molar-refractivity contribution in [2.45, 2.75) is 33.2 Å². The molecule has 0 aliphatic heterocycles. The minimum atomic E-state index is -0.295. The molecule has 0 N–H and O–H groups in total. The van der Waals surface area contributed by atoms with Crippen LogP contribution in [0.2, 0.25) is 0 Å². The Labute approximate surface area is 158 Å². The number of amides is 1. The fourth-order valence-corrected chi connectivity index (χ4v) is 2.95. The van der Waals surface area contributed by atoms with Crippen LogP contribution in [0.4, 0.5) is 4.39 Å². The number of rotatable bonds is 6. The Balaban J connectivity index is 1.56. The highest BCUT2D eigenvalue weighted by Gasteiger charge is 2.13. The third-order valence-electron chi connectivity index (χ3n) is 4.57. The van der Waals surface area contributed by atoms with Crippen LogP contribution in [-0.4, -0.2) is 22.8 Å². The van der Waals surface area contributed by atoms with E-state index in [1.54, 1.807) is 30.3 Å². The number of aromatic nitrogens is 1. The van der Waals surface area contributed by atoms with Crippen LogP contribution in [-0.2, 0) is 17.8 Å². The molecule has 0 unspecified atom stereocenters. The summed E-state index contributed by atoms with van der Waals surface area (Å²) in [5.74, 6) is 0.816. The van der Waals surface area contributed by atoms with Gasteiger partial charge in [-0.2, -0.15) is 0 Å². The number of aryl methyl sites for hydroxylation is 3. The second-order valence-electron chi connectivity index (χ2n) is 6.80. The molecule has 1 aromatic heterocycles. The van der Waals surface area contributed by atoms with Crippen molar-refractivity contribution >= 4 is 5.91 Å². The molecular weight excluding hydrogens is 343 g/mol. The van der Waals surface area contributed by atoms with Crippen molar-refractivity contribution in [2.75, 3.05) is 7.05 Å². The van der Waals surface area contributed by atoms with Crippen molar-refractivity contribution in [1.82, 2.24) is 9.88 Å². The topological polar surface area (TPSA) is 46.3 Å². The number of carbonyl (C=O) groups excluding carboxylic acids is 1. The van der Waals surface area contributed by atoms with E-state index in [2.05, 4.69) is 37.0 Å². The second kappa shape index (κ2) is 8.16. The summed E-state index contributed by atoms with van der Waals surface area (Å²) in [7, 11) is 1.81. The van der Waals surface area contributed by atoms with Gasteiger partial charge in [-0.25, -0.2) is 9.37 Å². The lowest BCUT2D eigenvalue weighted by molar-refractivity contribution is -0.130. The Morgan fingerprint density at radius 2 is 1.89 bits per heavy atom. The van der Waals surface area contributed by atoms with Crippen molar-refractivity contribution in [3.05, 3.63) is 77.1 Å². The van der Waals surface area contributed by atoms with E-state index in [0.29, 0.717) is 31.0 Å². The van der Waals surface area contributed by atoms with E-state index in [9.17, 15) is 9.18 Å². The molecule has 0 saturated heterocycles. The molecule has 0 radical (unpaired) electrons. The summed E-state index contributed by atoms with van der Waals surface area (Å²) in [6.07, 6.45) is 2.36. The predicted octanol–water partition coefficient (Wildman–Crippen LogP) is 4.69. The molecule has 0 aliphatic carbocycles. The van der Waals surface area contributed by atoms with Crippen LogP contribution in [0.1, 0.15) is 29.0 Å². The minimum absolute atomic E-state index is 0.0384. The van der Waals surface area contributed by atoms with Crippen LogP contribution in [0.5, 0.6) is 0 Å². The number of oxazole rings is 1. The molecule has 140 valence electrons. The maximum absolute atomic E-state index is 13.0. The second-order valence-corrected chi connectivity index (χ2v) is 6.80. The molecule has 27 heavy (non-hydrogen) atoms. The number of halogens is 1. The molecular formula is C22H23FN2O2. The molecule has 0 aliphatic rings. The normalized spacial score (nSPS) is 10.8. The van der Waals surface area contributed by atoms with E-state index < -0.39 is 0 Å². The maximum atomic E-state index is 13.0. The van der Waals surface area contributed by atoms with Crippen LogP contribution in [0.3, 0.4) is 0 Å². The van der Waals surface area contributed by atoms with E-state index in [0.717, 1.165) is 11.1 Å². The monoisotopic (exact) mass is 366 g/mol. The van der Waals surface area contributed by atoms with Gasteiger partial charge >= 0.3 is 0 Å². The molecule has 1 heterocycles. The third kappa shape index (κ3) is 4.82. The summed E-state index contributed by atoms with van der Waals surface area (Å²) in [5.41, 5.74) is 4.30. The van der Waals surface area contributed by atoms with Crippen molar-refractivity contribution < 1.29 is 13.6 Å². The lowest BCUT2D eigenvalue weighted by Crippen LogP contribution is -2.26. The zero-order chi connectivity index (χ0) is 19.4. The van der Waals surface area contributed by atoms with Crippen molar-refractivity contribution in [2.24, 2.45) is 0 Å². The summed E-state index contributed by atoms with van der Waals surface area (Å²) >= 11 is 0. The third-order valence-corrected chi connectivity index (χ3v) is 4.57. The van der Waals surface area contributed by atoms with Gasteiger partial charge in [0, 0.05) is 32.0 Å². The molecule has 4 nitrogen and oxygen atoms in total. The molecule has 0 fully saturated rings. The maximum Gasteiger partial charge on any atom is 0.223 e. The first-order valence-corrected chi connectivity index (χ1v) is 8.93. The van der Waals surface area contributed by atoms with Gasteiger partial charge in [0.15, 0.2) is 11.7 Å². The standard InChI is InChI=1S/C22H23FN2O2/c1-15-4-5-18(16(2)12-15)14-25(3)22(26)11-10-21-24-13-20(27-21)17-6-8-19(23)9-7-17/h4-9,12-13H,10-11,14H2,1-3H3. The Morgan fingerprint density at radius 1 is 1.15 bits per heavy atom. The molecule has 5 heteroatoms. The van der Waals surface area contributed by atoms with Crippen LogP contribution in [0.15, 0.2) is 53.1 Å².